The molecule has 1 heterocycles. The highest BCUT2D eigenvalue weighted by Gasteiger charge is 2.20. The molecule has 0 aliphatic carbocycles. The Bertz CT molecular complexity index is 266. The van der Waals surface area contributed by atoms with Gasteiger partial charge in [0.1, 0.15) is 0 Å². The molecule has 0 aliphatic rings. The van der Waals surface area contributed by atoms with Crippen LogP contribution in [0, 0.1) is 12.8 Å². The summed E-state index contributed by atoms with van der Waals surface area (Å²) in [7, 11) is 2.03. The first kappa shape index (κ1) is 11.7. The molecule has 0 aromatic carbocycles. The van der Waals surface area contributed by atoms with E-state index >= 15 is 0 Å². The normalized spacial score (nSPS) is 13.5. The summed E-state index contributed by atoms with van der Waals surface area (Å²) in [5, 5.41) is 6.71. The Balaban J connectivity index is 2.80. The van der Waals surface area contributed by atoms with Crippen LogP contribution in [-0.4, -0.2) is 12.0 Å². The van der Waals surface area contributed by atoms with Crippen molar-refractivity contribution in [2.24, 2.45) is 5.92 Å². The second-order valence-electron chi connectivity index (χ2n) is 3.63. The van der Waals surface area contributed by atoms with Gasteiger partial charge in [0.25, 0.3) is 0 Å². The fourth-order valence-corrected chi connectivity index (χ4v) is 2.56. The predicted octanol–water partition coefficient (Wildman–Crippen LogP) is 3.15. The van der Waals surface area contributed by atoms with Crippen LogP contribution in [0.4, 0.5) is 0 Å². The van der Waals surface area contributed by atoms with Crippen molar-refractivity contribution in [3.8, 4) is 0 Å². The zero-order chi connectivity index (χ0) is 10.6. The van der Waals surface area contributed by atoms with Gasteiger partial charge in [-0.1, -0.05) is 26.7 Å². The number of hydrogen-bond acceptors (Lipinski definition) is 3. The van der Waals surface area contributed by atoms with Crippen LogP contribution in [0.2, 0.25) is 0 Å². The van der Waals surface area contributed by atoms with Crippen LogP contribution in [-0.2, 0) is 0 Å². The molecule has 1 aromatic rings. The van der Waals surface area contributed by atoms with Crippen LogP contribution in [0.25, 0.3) is 0 Å². The molecular weight excluding hydrogens is 192 g/mol. The second-order valence-corrected chi connectivity index (χ2v) is 4.70. The Hall–Kier alpha value is -0.410. The summed E-state index contributed by atoms with van der Waals surface area (Å²) < 4.78 is 0. The van der Waals surface area contributed by atoms with Gasteiger partial charge in [-0.15, -0.1) is 11.3 Å². The van der Waals surface area contributed by atoms with E-state index in [2.05, 4.69) is 36.5 Å². The SMILES string of the molecule is CCC(CC)C(NC)c1csc(C)n1. The molecule has 0 amide bonds. The largest absolute Gasteiger partial charge is 0.311 e. The first-order valence-corrected chi connectivity index (χ1v) is 6.20. The molecule has 0 fully saturated rings. The molecule has 0 radical (unpaired) electrons. The van der Waals surface area contributed by atoms with Gasteiger partial charge in [-0.3, -0.25) is 0 Å². The van der Waals surface area contributed by atoms with E-state index in [4.69, 9.17) is 0 Å². The molecule has 1 atom stereocenters. The lowest BCUT2D eigenvalue weighted by atomic mass is 9.92. The van der Waals surface area contributed by atoms with E-state index < -0.39 is 0 Å². The number of thiazole rings is 1. The first-order valence-electron chi connectivity index (χ1n) is 5.32. The minimum absolute atomic E-state index is 0.426. The van der Waals surface area contributed by atoms with Gasteiger partial charge in [-0.2, -0.15) is 0 Å². The van der Waals surface area contributed by atoms with Gasteiger partial charge >= 0.3 is 0 Å². The zero-order valence-electron chi connectivity index (χ0n) is 9.50. The van der Waals surface area contributed by atoms with Crippen molar-refractivity contribution in [2.45, 2.75) is 39.7 Å². The molecule has 3 heteroatoms. The molecule has 1 aromatic heterocycles. The second kappa shape index (κ2) is 5.47. The monoisotopic (exact) mass is 212 g/mol. The summed E-state index contributed by atoms with van der Waals surface area (Å²) in [4.78, 5) is 4.55. The van der Waals surface area contributed by atoms with E-state index in [1.54, 1.807) is 11.3 Å². The summed E-state index contributed by atoms with van der Waals surface area (Å²) >= 11 is 1.74. The molecule has 0 saturated carbocycles. The molecule has 0 aliphatic heterocycles. The van der Waals surface area contributed by atoms with Crippen LogP contribution in [0.3, 0.4) is 0 Å². The third-order valence-corrected chi connectivity index (χ3v) is 3.58. The quantitative estimate of drug-likeness (QED) is 0.811. The lowest BCUT2D eigenvalue weighted by Gasteiger charge is -2.23. The van der Waals surface area contributed by atoms with Crippen LogP contribution in [0.1, 0.15) is 43.4 Å². The van der Waals surface area contributed by atoms with E-state index in [-0.39, 0.29) is 0 Å². The van der Waals surface area contributed by atoms with Gasteiger partial charge < -0.3 is 5.32 Å². The Morgan fingerprint density at radius 3 is 2.43 bits per heavy atom. The van der Waals surface area contributed by atoms with E-state index in [9.17, 15) is 0 Å². The maximum Gasteiger partial charge on any atom is 0.0898 e. The molecule has 14 heavy (non-hydrogen) atoms. The van der Waals surface area contributed by atoms with Crippen LogP contribution in [0.5, 0.6) is 0 Å². The molecular formula is C11H20N2S. The summed E-state index contributed by atoms with van der Waals surface area (Å²) in [6, 6.07) is 0.426. The molecule has 0 saturated heterocycles. The number of nitrogens with zero attached hydrogens (tertiary/aromatic N) is 1. The lowest BCUT2D eigenvalue weighted by Crippen LogP contribution is -2.24. The maximum absolute atomic E-state index is 4.55. The Kier molecular flexibility index (Phi) is 4.55. The van der Waals surface area contributed by atoms with Gasteiger partial charge in [0, 0.05) is 5.38 Å². The number of aromatic nitrogens is 1. The number of rotatable bonds is 5. The van der Waals surface area contributed by atoms with Crippen molar-refractivity contribution in [3.05, 3.63) is 16.1 Å². The lowest BCUT2D eigenvalue weighted by molar-refractivity contribution is 0.354. The number of aryl methyl sites for hydroxylation is 1. The Morgan fingerprint density at radius 1 is 1.43 bits per heavy atom. The van der Waals surface area contributed by atoms with Gasteiger partial charge in [0.2, 0.25) is 0 Å². The van der Waals surface area contributed by atoms with Crippen molar-refractivity contribution >= 4 is 11.3 Å². The summed E-state index contributed by atoms with van der Waals surface area (Å²) in [5.74, 6) is 0.696. The van der Waals surface area contributed by atoms with E-state index in [1.165, 1.54) is 18.5 Å². The third kappa shape index (κ3) is 2.55. The Labute approximate surface area is 90.8 Å². The highest BCUT2D eigenvalue weighted by atomic mass is 32.1. The van der Waals surface area contributed by atoms with E-state index in [1.807, 2.05) is 7.05 Å². The standard InChI is InChI=1S/C11H20N2S/c1-5-9(6-2)11(12-4)10-7-14-8(3)13-10/h7,9,11-12H,5-6H2,1-4H3. The number of nitrogens with one attached hydrogen (secondary N) is 1. The molecule has 2 nitrogen and oxygen atoms in total. The maximum atomic E-state index is 4.55. The third-order valence-electron chi connectivity index (χ3n) is 2.79. The van der Waals surface area contributed by atoms with Crippen LogP contribution >= 0.6 is 11.3 Å². The van der Waals surface area contributed by atoms with Crippen molar-refractivity contribution in [1.29, 1.82) is 0 Å². The van der Waals surface area contributed by atoms with Crippen molar-refractivity contribution in [3.63, 3.8) is 0 Å². The number of hydrogen-bond donors (Lipinski definition) is 1. The van der Waals surface area contributed by atoms with E-state index in [0.717, 1.165) is 5.01 Å². The van der Waals surface area contributed by atoms with Crippen molar-refractivity contribution in [2.75, 3.05) is 7.05 Å². The molecule has 0 spiro atoms. The molecule has 80 valence electrons. The highest BCUT2D eigenvalue weighted by Crippen LogP contribution is 2.27. The summed E-state index contributed by atoms with van der Waals surface area (Å²) in [5.41, 5.74) is 1.21. The smallest absolute Gasteiger partial charge is 0.0898 e. The highest BCUT2D eigenvalue weighted by molar-refractivity contribution is 7.09. The fraction of sp³-hybridized carbons (Fsp3) is 0.727. The van der Waals surface area contributed by atoms with Crippen molar-refractivity contribution < 1.29 is 0 Å². The molecule has 1 N–H and O–H groups in total. The van der Waals surface area contributed by atoms with Gasteiger partial charge in [0.05, 0.1) is 16.7 Å². The van der Waals surface area contributed by atoms with Gasteiger partial charge in [-0.05, 0) is 19.9 Å². The summed E-state index contributed by atoms with van der Waals surface area (Å²) in [6.45, 7) is 6.56. The molecule has 0 bridgehead atoms. The first-order chi connectivity index (χ1) is 6.72. The average molecular weight is 212 g/mol. The Morgan fingerprint density at radius 2 is 2.07 bits per heavy atom. The molecule has 1 unspecified atom stereocenters. The zero-order valence-corrected chi connectivity index (χ0v) is 10.3. The topological polar surface area (TPSA) is 24.9 Å². The fourth-order valence-electron chi connectivity index (χ4n) is 1.91. The molecule has 1 rings (SSSR count). The van der Waals surface area contributed by atoms with Crippen LogP contribution in [0.15, 0.2) is 5.38 Å². The van der Waals surface area contributed by atoms with Gasteiger partial charge in [0.15, 0.2) is 0 Å². The van der Waals surface area contributed by atoms with Gasteiger partial charge in [-0.25, -0.2) is 4.98 Å². The average Bonchev–Trinajstić information content (AvgIpc) is 2.60. The summed E-state index contributed by atoms with van der Waals surface area (Å²) in [6.07, 6.45) is 2.41. The van der Waals surface area contributed by atoms with Crippen molar-refractivity contribution in [1.82, 2.24) is 10.3 Å². The van der Waals surface area contributed by atoms with Crippen LogP contribution < -0.4 is 5.32 Å². The minimum Gasteiger partial charge on any atom is -0.311 e. The minimum atomic E-state index is 0.426. The van der Waals surface area contributed by atoms with E-state index in [0.29, 0.717) is 12.0 Å². The predicted molar refractivity (Wildman–Crippen MR) is 62.7 cm³/mol.